The predicted octanol–water partition coefficient (Wildman–Crippen LogP) is 1.90. The van der Waals surface area contributed by atoms with E-state index in [1.807, 2.05) is 0 Å². The molecule has 0 fully saturated rings. The molecule has 0 aliphatic rings. The van der Waals surface area contributed by atoms with Crippen LogP contribution in [0.3, 0.4) is 0 Å². The first-order chi connectivity index (χ1) is 9.15. The molecule has 0 aliphatic heterocycles. The van der Waals surface area contributed by atoms with Crippen LogP contribution in [0.15, 0.2) is 23.1 Å². The summed E-state index contributed by atoms with van der Waals surface area (Å²) in [6, 6.07) is 4.06. The van der Waals surface area contributed by atoms with Crippen molar-refractivity contribution in [2.45, 2.75) is 11.3 Å². The molecule has 0 bridgehead atoms. The molecule has 6 heteroatoms. The average molecular weight is 287 g/mol. The Bertz CT molecular complexity index is 415. The lowest BCUT2D eigenvalue weighted by molar-refractivity contribution is 0.0688. The van der Waals surface area contributed by atoms with Crippen molar-refractivity contribution in [2.24, 2.45) is 0 Å². The number of carbonyl (C=O) groups is 1. The largest absolute Gasteiger partial charge is 0.382 e. The van der Waals surface area contributed by atoms with E-state index < -0.39 is 5.82 Å². The third-order valence-corrected chi connectivity index (χ3v) is 2.73. The summed E-state index contributed by atoms with van der Waals surface area (Å²) in [4.78, 5) is 11.9. The van der Waals surface area contributed by atoms with Crippen LogP contribution in [0.5, 0.6) is 0 Å². The van der Waals surface area contributed by atoms with E-state index >= 15 is 0 Å². The highest BCUT2D eigenvalue weighted by Crippen LogP contribution is 2.13. The maximum Gasteiger partial charge on any atom is 0.251 e. The normalized spacial score (nSPS) is 10.5. The minimum atomic E-state index is -0.438. The molecular weight excluding hydrogens is 269 g/mol. The molecular formula is C13H18FNO3S. The summed E-state index contributed by atoms with van der Waals surface area (Å²) < 4.78 is 23.1. The smallest absolute Gasteiger partial charge is 0.251 e. The van der Waals surface area contributed by atoms with Crippen molar-refractivity contribution in [2.75, 3.05) is 33.5 Å². The van der Waals surface area contributed by atoms with Gasteiger partial charge in [-0.2, -0.15) is 0 Å². The highest BCUT2D eigenvalue weighted by Gasteiger charge is 2.07. The molecule has 0 aromatic heterocycles. The fourth-order valence-corrected chi connectivity index (χ4v) is 1.59. The predicted molar refractivity (Wildman–Crippen MR) is 73.3 cm³/mol. The first-order valence-electron chi connectivity index (χ1n) is 5.98. The van der Waals surface area contributed by atoms with Gasteiger partial charge in [-0.05, 0) is 24.6 Å². The van der Waals surface area contributed by atoms with Crippen LogP contribution in [0.1, 0.15) is 16.8 Å². The second-order valence-electron chi connectivity index (χ2n) is 3.88. The Balaban J connectivity index is 2.22. The van der Waals surface area contributed by atoms with Gasteiger partial charge in [-0.15, -0.1) is 12.6 Å². The summed E-state index contributed by atoms with van der Waals surface area (Å²) in [7, 11) is 1.61. The minimum absolute atomic E-state index is 0.163. The van der Waals surface area contributed by atoms with E-state index in [2.05, 4.69) is 17.9 Å². The standard InChI is InChI=1S/C13H18FNO3S/c1-17-7-8-18-6-2-5-15-13(16)10-3-4-11(14)12(19)9-10/h3-4,9,19H,2,5-8H2,1H3,(H,15,16). The Kier molecular flexibility index (Phi) is 7.47. The van der Waals surface area contributed by atoms with Gasteiger partial charge in [0, 0.05) is 30.7 Å². The van der Waals surface area contributed by atoms with Gasteiger partial charge in [0.25, 0.3) is 5.91 Å². The number of thiol groups is 1. The Morgan fingerprint density at radius 1 is 1.37 bits per heavy atom. The van der Waals surface area contributed by atoms with Crippen molar-refractivity contribution in [3.8, 4) is 0 Å². The number of methoxy groups -OCH3 is 1. The molecule has 0 radical (unpaired) electrons. The number of halogens is 1. The van der Waals surface area contributed by atoms with Crippen molar-refractivity contribution in [3.63, 3.8) is 0 Å². The van der Waals surface area contributed by atoms with Crippen LogP contribution in [-0.4, -0.2) is 39.4 Å². The molecule has 0 heterocycles. The molecule has 0 saturated heterocycles. The van der Waals surface area contributed by atoms with Crippen LogP contribution in [0, 0.1) is 5.82 Å². The molecule has 0 unspecified atom stereocenters. The lowest BCUT2D eigenvalue weighted by atomic mass is 10.2. The maximum atomic E-state index is 13.0. The molecule has 1 aromatic rings. The van der Waals surface area contributed by atoms with Gasteiger partial charge < -0.3 is 14.8 Å². The molecule has 4 nitrogen and oxygen atoms in total. The van der Waals surface area contributed by atoms with Gasteiger partial charge >= 0.3 is 0 Å². The molecule has 0 spiro atoms. The van der Waals surface area contributed by atoms with Gasteiger partial charge in [0.1, 0.15) is 5.82 Å². The van der Waals surface area contributed by atoms with Crippen molar-refractivity contribution in [1.29, 1.82) is 0 Å². The van der Waals surface area contributed by atoms with Gasteiger partial charge in [0.2, 0.25) is 0 Å². The van der Waals surface area contributed by atoms with Crippen LogP contribution < -0.4 is 5.32 Å². The molecule has 1 amide bonds. The molecule has 19 heavy (non-hydrogen) atoms. The quantitative estimate of drug-likeness (QED) is 0.567. The van der Waals surface area contributed by atoms with Gasteiger partial charge in [-0.25, -0.2) is 4.39 Å². The molecule has 106 valence electrons. The monoisotopic (exact) mass is 287 g/mol. The molecule has 1 aromatic carbocycles. The Morgan fingerprint density at radius 2 is 2.16 bits per heavy atom. The zero-order valence-corrected chi connectivity index (χ0v) is 11.7. The third kappa shape index (κ3) is 6.04. The van der Waals surface area contributed by atoms with E-state index in [0.29, 0.717) is 38.3 Å². The van der Waals surface area contributed by atoms with Crippen molar-refractivity contribution >= 4 is 18.5 Å². The number of ether oxygens (including phenoxy) is 2. The summed E-state index contributed by atoms with van der Waals surface area (Å²) in [5.74, 6) is -0.682. The fourth-order valence-electron chi connectivity index (χ4n) is 1.38. The topological polar surface area (TPSA) is 47.6 Å². The fraction of sp³-hybridized carbons (Fsp3) is 0.462. The van der Waals surface area contributed by atoms with Gasteiger partial charge in [-0.3, -0.25) is 4.79 Å². The Hall–Kier alpha value is -1.11. The first kappa shape index (κ1) is 15.9. The SMILES string of the molecule is COCCOCCCNC(=O)c1ccc(F)c(S)c1. The highest BCUT2D eigenvalue weighted by molar-refractivity contribution is 7.80. The molecule has 0 saturated carbocycles. The van der Waals surface area contributed by atoms with Gasteiger partial charge in [-0.1, -0.05) is 0 Å². The Labute approximate surface area is 117 Å². The Morgan fingerprint density at radius 3 is 2.84 bits per heavy atom. The van der Waals surface area contributed by atoms with Crippen LogP contribution >= 0.6 is 12.6 Å². The summed E-state index contributed by atoms with van der Waals surface area (Å²) in [6.45, 7) is 2.17. The first-order valence-corrected chi connectivity index (χ1v) is 6.43. The molecule has 0 aliphatic carbocycles. The van der Waals surface area contributed by atoms with Gasteiger partial charge in [0.15, 0.2) is 0 Å². The van der Waals surface area contributed by atoms with Crippen LogP contribution in [0.2, 0.25) is 0 Å². The summed E-state index contributed by atoms with van der Waals surface area (Å²) >= 11 is 3.93. The van der Waals surface area contributed by atoms with E-state index in [9.17, 15) is 9.18 Å². The van der Waals surface area contributed by atoms with Gasteiger partial charge in [0.05, 0.1) is 13.2 Å². The number of hydrogen-bond donors (Lipinski definition) is 2. The lowest BCUT2D eigenvalue weighted by Crippen LogP contribution is -2.25. The zero-order chi connectivity index (χ0) is 14.1. The van der Waals surface area contributed by atoms with Crippen molar-refractivity contribution in [3.05, 3.63) is 29.6 Å². The van der Waals surface area contributed by atoms with E-state index in [4.69, 9.17) is 9.47 Å². The number of nitrogens with one attached hydrogen (secondary N) is 1. The second-order valence-corrected chi connectivity index (χ2v) is 4.36. The van der Waals surface area contributed by atoms with E-state index in [1.165, 1.54) is 18.2 Å². The van der Waals surface area contributed by atoms with E-state index in [-0.39, 0.29) is 10.8 Å². The van der Waals surface area contributed by atoms with E-state index in [1.54, 1.807) is 7.11 Å². The maximum absolute atomic E-state index is 13.0. The molecule has 0 atom stereocenters. The van der Waals surface area contributed by atoms with Crippen LogP contribution in [0.4, 0.5) is 4.39 Å². The number of hydrogen-bond acceptors (Lipinski definition) is 4. The second kappa shape index (κ2) is 8.90. The van der Waals surface area contributed by atoms with Crippen LogP contribution in [-0.2, 0) is 9.47 Å². The van der Waals surface area contributed by atoms with E-state index in [0.717, 1.165) is 0 Å². The number of rotatable bonds is 8. The third-order valence-electron chi connectivity index (χ3n) is 2.39. The van der Waals surface area contributed by atoms with Crippen molar-refractivity contribution < 1.29 is 18.7 Å². The minimum Gasteiger partial charge on any atom is -0.382 e. The van der Waals surface area contributed by atoms with Crippen LogP contribution in [0.25, 0.3) is 0 Å². The lowest BCUT2D eigenvalue weighted by Gasteiger charge is -2.06. The number of amides is 1. The molecule has 1 N–H and O–H groups in total. The average Bonchev–Trinajstić information content (AvgIpc) is 2.40. The zero-order valence-electron chi connectivity index (χ0n) is 10.8. The summed E-state index contributed by atoms with van der Waals surface area (Å²) in [6.07, 6.45) is 0.713. The van der Waals surface area contributed by atoms with Crippen molar-refractivity contribution in [1.82, 2.24) is 5.32 Å². The molecule has 1 rings (SSSR count). The summed E-state index contributed by atoms with van der Waals surface area (Å²) in [5, 5.41) is 2.73. The number of carbonyl (C=O) groups excluding carboxylic acids is 1. The summed E-state index contributed by atoms with van der Waals surface area (Å²) in [5.41, 5.74) is 0.395. The highest BCUT2D eigenvalue weighted by atomic mass is 32.1. The number of benzene rings is 1.